The van der Waals surface area contributed by atoms with Crippen LogP contribution in [0.25, 0.3) is 0 Å². The molecule has 0 radical (unpaired) electrons. The molecule has 0 saturated heterocycles. The van der Waals surface area contributed by atoms with Crippen LogP contribution in [0.4, 0.5) is 5.69 Å². The van der Waals surface area contributed by atoms with E-state index in [4.69, 9.17) is 21.1 Å². The van der Waals surface area contributed by atoms with E-state index < -0.39 is 0 Å². The Kier molecular flexibility index (Phi) is 2.99. The molecule has 1 aliphatic heterocycles. The molecule has 1 N–H and O–H groups in total. The summed E-state index contributed by atoms with van der Waals surface area (Å²) in [6, 6.07) is 5.80. The van der Waals surface area contributed by atoms with Crippen molar-refractivity contribution in [2.24, 2.45) is 0 Å². The molecule has 1 aliphatic rings. The molecule has 1 aromatic carbocycles. The van der Waals surface area contributed by atoms with Crippen molar-refractivity contribution in [3.8, 4) is 11.5 Å². The van der Waals surface area contributed by atoms with Crippen LogP contribution in [-0.2, 0) is 0 Å². The van der Waals surface area contributed by atoms with E-state index in [2.05, 4.69) is 5.32 Å². The van der Waals surface area contributed by atoms with Gasteiger partial charge in [-0.15, -0.1) is 11.6 Å². The van der Waals surface area contributed by atoms with Crippen molar-refractivity contribution in [3.63, 3.8) is 0 Å². The largest absolute Gasteiger partial charge is 0.486 e. The Morgan fingerprint density at radius 2 is 2.00 bits per heavy atom. The zero-order valence-electron chi connectivity index (χ0n) is 7.75. The predicted molar refractivity (Wildman–Crippen MR) is 56.6 cm³/mol. The van der Waals surface area contributed by atoms with Crippen molar-refractivity contribution in [2.75, 3.05) is 31.0 Å². The maximum Gasteiger partial charge on any atom is 0.163 e. The topological polar surface area (TPSA) is 30.5 Å². The highest BCUT2D eigenvalue weighted by molar-refractivity contribution is 6.18. The van der Waals surface area contributed by atoms with E-state index in [1.165, 1.54) is 0 Å². The fraction of sp³-hybridized carbons (Fsp3) is 0.400. The highest BCUT2D eigenvalue weighted by Gasteiger charge is 2.10. The first-order valence-electron chi connectivity index (χ1n) is 4.59. The Balaban J connectivity index is 2.12. The van der Waals surface area contributed by atoms with Crippen LogP contribution in [-0.4, -0.2) is 25.6 Å². The predicted octanol–water partition coefficient (Wildman–Crippen LogP) is 2.11. The Morgan fingerprint density at radius 3 is 2.79 bits per heavy atom. The molecule has 0 aliphatic carbocycles. The molecule has 0 spiro atoms. The van der Waals surface area contributed by atoms with Gasteiger partial charge in [-0.25, -0.2) is 0 Å². The molecule has 0 amide bonds. The van der Waals surface area contributed by atoms with Gasteiger partial charge < -0.3 is 14.8 Å². The second-order valence-corrected chi connectivity index (χ2v) is 3.35. The zero-order chi connectivity index (χ0) is 9.80. The van der Waals surface area contributed by atoms with Crippen LogP contribution in [0.5, 0.6) is 11.5 Å². The van der Waals surface area contributed by atoms with Gasteiger partial charge in [0.25, 0.3) is 0 Å². The Hall–Kier alpha value is -1.09. The minimum absolute atomic E-state index is 0.592. The van der Waals surface area contributed by atoms with Gasteiger partial charge in [-0.2, -0.15) is 0 Å². The molecular weight excluding hydrogens is 202 g/mol. The molecule has 3 nitrogen and oxygen atoms in total. The van der Waals surface area contributed by atoms with Crippen molar-refractivity contribution >= 4 is 17.3 Å². The number of alkyl halides is 1. The average molecular weight is 214 g/mol. The van der Waals surface area contributed by atoms with Gasteiger partial charge in [-0.05, 0) is 12.1 Å². The number of rotatable bonds is 3. The summed E-state index contributed by atoms with van der Waals surface area (Å²) < 4.78 is 10.9. The smallest absolute Gasteiger partial charge is 0.163 e. The highest BCUT2D eigenvalue weighted by Crippen LogP contribution is 2.32. The maximum absolute atomic E-state index is 5.58. The molecule has 0 bridgehead atoms. The van der Waals surface area contributed by atoms with Gasteiger partial charge in [-0.1, -0.05) is 0 Å². The van der Waals surface area contributed by atoms with Gasteiger partial charge in [-0.3, -0.25) is 0 Å². The van der Waals surface area contributed by atoms with Crippen molar-refractivity contribution in [3.05, 3.63) is 18.2 Å². The van der Waals surface area contributed by atoms with E-state index in [-0.39, 0.29) is 0 Å². The molecule has 0 atom stereocenters. The lowest BCUT2D eigenvalue weighted by Crippen LogP contribution is -2.15. The van der Waals surface area contributed by atoms with E-state index in [9.17, 15) is 0 Å². The van der Waals surface area contributed by atoms with E-state index in [0.29, 0.717) is 19.1 Å². The van der Waals surface area contributed by atoms with Crippen LogP contribution in [0.2, 0.25) is 0 Å². The van der Waals surface area contributed by atoms with Crippen molar-refractivity contribution in [1.29, 1.82) is 0 Å². The molecule has 1 aromatic rings. The lowest BCUT2D eigenvalue weighted by atomic mass is 10.2. The molecule has 1 heterocycles. The van der Waals surface area contributed by atoms with E-state index in [1.807, 2.05) is 18.2 Å². The monoisotopic (exact) mass is 213 g/mol. The molecular formula is C10H12ClNO2. The number of anilines is 1. The van der Waals surface area contributed by atoms with E-state index >= 15 is 0 Å². The van der Waals surface area contributed by atoms with Crippen LogP contribution in [0.15, 0.2) is 18.2 Å². The number of benzene rings is 1. The number of halogens is 1. The maximum atomic E-state index is 5.58. The third kappa shape index (κ3) is 2.04. The molecule has 2 rings (SSSR count). The third-order valence-electron chi connectivity index (χ3n) is 1.97. The summed E-state index contributed by atoms with van der Waals surface area (Å²) in [4.78, 5) is 0. The first kappa shape index (κ1) is 9.46. The van der Waals surface area contributed by atoms with Crippen LogP contribution in [0, 0.1) is 0 Å². The highest BCUT2D eigenvalue weighted by atomic mass is 35.5. The van der Waals surface area contributed by atoms with Gasteiger partial charge in [0.1, 0.15) is 13.2 Å². The molecule has 0 saturated carbocycles. The molecule has 0 unspecified atom stereocenters. The van der Waals surface area contributed by atoms with Crippen LogP contribution >= 0.6 is 11.6 Å². The second-order valence-electron chi connectivity index (χ2n) is 2.97. The summed E-state index contributed by atoms with van der Waals surface area (Å²) in [5.41, 5.74) is 1.01. The van der Waals surface area contributed by atoms with Crippen molar-refractivity contribution < 1.29 is 9.47 Å². The van der Waals surface area contributed by atoms with Gasteiger partial charge in [0, 0.05) is 24.2 Å². The quantitative estimate of drug-likeness (QED) is 0.781. The second kappa shape index (κ2) is 4.42. The summed E-state index contributed by atoms with van der Waals surface area (Å²) >= 11 is 5.58. The summed E-state index contributed by atoms with van der Waals surface area (Å²) in [6.45, 7) is 1.99. The number of fused-ring (bicyclic) bond motifs is 1. The number of nitrogens with one attached hydrogen (secondary N) is 1. The molecule has 0 aromatic heterocycles. The van der Waals surface area contributed by atoms with Crippen molar-refractivity contribution in [2.45, 2.75) is 0 Å². The van der Waals surface area contributed by atoms with Crippen molar-refractivity contribution in [1.82, 2.24) is 0 Å². The Morgan fingerprint density at radius 1 is 1.21 bits per heavy atom. The molecule has 4 heteroatoms. The van der Waals surface area contributed by atoms with Gasteiger partial charge in [0.15, 0.2) is 11.5 Å². The number of hydrogen-bond acceptors (Lipinski definition) is 3. The SMILES string of the molecule is ClCCNc1ccc2c(c1)OCCO2. The lowest BCUT2D eigenvalue weighted by Gasteiger charge is -2.19. The standard InChI is InChI=1S/C10H12ClNO2/c11-3-4-12-8-1-2-9-10(7-8)14-6-5-13-9/h1-2,7,12H,3-6H2. The molecule has 76 valence electrons. The minimum Gasteiger partial charge on any atom is -0.486 e. The fourth-order valence-electron chi connectivity index (χ4n) is 1.34. The number of ether oxygens (including phenoxy) is 2. The van der Waals surface area contributed by atoms with Crippen LogP contribution < -0.4 is 14.8 Å². The van der Waals surface area contributed by atoms with Crippen LogP contribution in [0.1, 0.15) is 0 Å². The number of hydrogen-bond donors (Lipinski definition) is 1. The van der Waals surface area contributed by atoms with E-state index in [0.717, 1.165) is 23.7 Å². The lowest BCUT2D eigenvalue weighted by molar-refractivity contribution is 0.171. The van der Waals surface area contributed by atoms with Gasteiger partial charge >= 0.3 is 0 Å². The first-order chi connectivity index (χ1) is 6.90. The average Bonchev–Trinajstić information content (AvgIpc) is 2.26. The summed E-state index contributed by atoms with van der Waals surface area (Å²) in [6.07, 6.45) is 0. The summed E-state index contributed by atoms with van der Waals surface area (Å²) in [7, 11) is 0. The Labute approximate surface area is 88.0 Å². The summed E-state index contributed by atoms with van der Waals surface area (Å²) in [5, 5.41) is 3.18. The molecule has 0 fully saturated rings. The van der Waals surface area contributed by atoms with Gasteiger partial charge in [0.2, 0.25) is 0 Å². The third-order valence-corrected chi connectivity index (χ3v) is 2.15. The fourth-order valence-corrected chi connectivity index (χ4v) is 1.44. The Bertz CT molecular complexity index is 317. The molecule has 14 heavy (non-hydrogen) atoms. The first-order valence-corrected chi connectivity index (χ1v) is 5.13. The summed E-state index contributed by atoms with van der Waals surface area (Å²) in [5.74, 6) is 2.21. The minimum atomic E-state index is 0.592. The normalized spacial score (nSPS) is 13.8. The van der Waals surface area contributed by atoms with E-state index in [1.54, 1.807) is 0 Å². The van der Waals surface area contributed by atoms with Crippen LogP contribution in [0.3, 0.4) is 0 Å². The zero-order valence-corrected chi connectivity index (χ0v) is 8.51. The van der Waals surface area contributed by atoms with Gasteiger partial charge in [0.05, 0.1) is 0 Å².